The Morgan fingerprint density at radius 3 is 2.57 bits per heavy atom. The van der Waals surface area contributed by atoms with Crippen LogP contribution in [-0.2, 0) is 9.53 Å². The van der Waals surface area contributed by atoms with Crippen LogP contribution in [0.3, 0.4) is 0 Å². The molecule has 180 valence electrons. The number of nitrogens with zero attached hydrogens (tertiary/aromatic N) is 5. The molecule has 0 atom stereocenters. The van der Waals surface area contributed by atoms with Gasteiger partial charge in [0.15, 0.2) is 11.6 Å². The van der Waals surface area contributed by atoms with E-state index in [0.717, 1.165) is 22.3 Å². The van der Waals surface area contributed by atoms with Crippen LogP contribution in [-0.4, -0.2) is 49.8 Å². The molecule has 3 aromatic heterocycles. The van der Waals surface area contributed by atoms with E-state index in [9.17, 15) is 9.59 Å². The first-order valence-electron chi connectivity index (χ1n) is 11.4. The van der Waals surface area contributed by atoms with Gasteiger partial charge in [-0.05, 0) is 51.5 Å². The van der Waals surface area contributed by atoms with Crippen molar-refractivity contribution in [3.05, 3.63) is 65.6 Å². The Labute approximate surface area is 202 Å². The number of aromatic nitrogens is 5. The maximum Gasteiger partial charge on any atom is 0.343 e. The Balaban J connectivity index is 1.49. The van der Waals surface area contributed by atoms with Gasteiger partial charge >= 0.3 is 5.97 Å². The molecular formula is C25H27N7O3. The summed E-state index contributed by atoms with van der Waals surface area (Å²) < 4.78 is 6.59. The molecule has 0 bridgehead atoms. The molecule has 2 N–H and O–H groups in total. The summed E-state index contributed by atoms with van der Waals surface area (Å²) in [5.41, 5.74) is 2.69. The average molecular weight is 474 g/mol. The maximum absolute atomic E-state index is 12.8. The summed E-state index contributed by atoms with van der Waals surface area (Å²) in [4.78, 5) is 38.6. The summed E-state index contributed by atoms with van der Waals surface area (Å²) in [5.74, 6) is 0.405. The van der Waals surface area contributed by atoms with Gasteiger partial charge in [-0.2, -0.15) is 9.78 Å². The number of ether oxygens (including phenoxy) is 1. The van der Waals surface area contributed by atoms with Crippen LogP contribution >= 0.6 is 0 Å². The predicted octanol–water partition coefficient (Wildman–Crippen LogP) is 3.83. The molecule has 0 aliphatic rings. The van der Waals surface area contributed by atoms with Crippen molar-refractivity contribution in [3.63, 3.8) is 0 Å². The third kappa shape index (κ3) is 5.78. The van der Waals surface area contributed by atoms with Gasteiger partial charge in [0.2, 0.25) is 11.9 Å². The van der Waals surface area contributed by atoms with Gasteiger partial charge in [-0.3, -0.25) is 4.79 Å². The number of pyridine rings is 1. The van der Waals surface area contributed by atoms with Crippen LogP contribution in [0, 0.1) is 13.8 Å². The summed E-state index contributed by atoms with van der Waals surface area (Å²) in [7, 11) is 0. The fourth-order valence-electron chi connectivity index (χ4n) is 3.62. The topological polar surface area (TPSA) is 124 Å². The van der Waals surface area contributed by atoms with E-state index < -0.39 is 5.97 Å². The number of aryl methyl sites for hydroxylation is 2. The molecule has 0 aliphatic heterocycles. The van der Waals surface area contributed by atoms with Crippen molar-refractivity contribution >= 4 is 34.5 Å². The quantitative estimate of drug-likeness (QED) is 0.278. The molecule has 4 rings (SSSR count). The standard InChI is InChI=1S/C25H27N7O3/c1-4-35-24(34)19-15-27-32(21-12-11-18-8-5-6-9-20(18)30-21)23(19)31-22(33)10-7-13-26-25-28-16(2)14-17(3)29-25/h5-6,8-9,11-12,14-15H,4,7,10,13H2,1-3H3,(H,31,33)(H,26,28,29). The zero-order chi connectivity index (χ0) is 24.8. The van der Waals surface area contributed by atoms with E-state index in [-0.39, 0.29) is 30.3 Å². The van der Waals surface area contributed by atoms with Gasteiger partial charge in [-0.15, -0.1) is 0 Å². The molecule has 3 heterocycles. The number of carbonyl (C=O) groups excluding carboxylic acids is 2. The molecule has 35 heavy (non-hydrogen) atoms. The van der Waals surface area contributed by atoms with Crippen molar-refractivity contribution in [3.8, 4) is 5.82 Å². The van der Waals surface area contributed by atoms with Crippen molar-refractivity contribution in [1.29, 1.82) is 0 Å². The summed E-state index contributed by atoms with van der Waals surface area (Å²) in [6.07, 6.45) is 2.14. The lowest BCUT2D eigenvalue weighted by atomic mass is 10.2. The molecule has 0 saturated carbocycles. The smallest absolute Gasteiger partial charge is 0.343 e. The Bertz CT molecular complexity index is 1350. The Morgan fingerprint density at radius 2 is 1.80 bits per heavy atom. The fourth-order valence-corrected chi connectivity index (χ4v) is 3.62. The first kappa shape index (κ1) is 23.8. The highest BCUT2D eigenvalue weighted by atomic mass is 16.5. The molecule has 1 aromatic carbocycles. The van der Waals surface area contributed by atoms with E-state index in [1.54, 1.807) is 13.0 Å². The summed E-state index contributed by atoms with van der Waals surface area (Å²) in [6, 6.07) is 13.3. The SMILES string of the molecule is CCOC(=O)c1cnn(-c2ccc3ccccc3n2)c1NC(=O)CCCNc1nc(C)cc(C)n1. The molecule has 4 aromatic rings. The number of fused-ring (bicyclic) bond motifs is 1. The Kier molecular flexibility index (Phi) is 7.30. The van der Waals surface area contributed by atoms with E-state index in [1.807, 2.05) is 50.2 Å². The minimum absolute atomic E-state index is 0.164. The lowest BCUT2D eigenvalue weighted by Crippen LogP contribution is -2.19. The zero-order valence-corrected chi connectivity index (χ0v) is 19.9. The number of esters is 1. The van der Waals surface area contributed by atoms with Gasteiger partial charge < -0.3 is 15.4 Å². The maximum atomic E-state index is 12.8. The zero-order valence-electron chi connectivity index (χ0n) is 19.9. The van der Waals surface area contributed by atoms with Crippen LogP contribution in [0.5, 0.6) is 0 Å². The number of anilines is 2. The van der Waals surface area contributed by atoms with Crippen LogP contribution < -0.4 is 10.6 Å². The third-order valence-corrected chi connectivity index (χ3v) is 5.17. The Morgan fingerprint density at radius 1 is 1.03 bits per heavy atom. The third-order valence-electron chi connectivity index (χ3n) is 5.17. The molecule has 0 fully saturated rings. The second-order valence-electron chi connectivity index (χ2n) is 7.95. The van der Waals surface area contributed by atoms with Gasteiger partial charge in [-0.25, -0.2) is 19.7 Å². The number of rotatable bonds is 9. The molecule has 0 saturated heterocycles. The monoisotopic (exact) mass is 473 g/mol. The molecule has 10 heteroatoms. The van der Waals surface area contributed by atoms with Crippen molar-refractivity contribution in [2.75, 3.05) is 23.8 Å². The van der Waals surface area contributed by atoms with Gasteiger partial charge in [0.1, 0.15) is 5.56 Å². The van der Waals surface area contributed by atoms with Crippen molar-refractivity contribution in [1.82, 2.24) is 24.7 Å². The number of para-hydroxylation sites is 1. The van der Waals surface area contributed by atoms with E-state index in [4.69, 9.17) is 4.74 Å². The molecule has 0 unspecified atom stereocenters. The normalized spacial score (nSPS) is 10.8. The lowest BCUT2D eigenvalue weighted by Gasteiger charge is -2.11. The summed E-state index contributed by atoms with van der Waals surface area (Å²) in [6.45, 7) is 6.26. The second-order valence-corrected chi connectivity index (χ2v) is 7.95. The minimum Gasteiger partial charge on any atom is -0.462 e. The molecule has 0 spiro atoms. The van der Waals surface area contributed by atoms with E-state index in [0.29, 0.717) is 24.7 Å². The summed E-state index contributed by atoms with van der Waals surface area (Å²) >= 11 is 0. The number of hydrogen-bond donors (Lipinski definition) is 2. The van der Waals surface area contributed by atoms with Gasteiger partial charge in [0.25, 0.3) is 0 Å². The number of benzene rings is 1. The largest absolute Gasteiger partial charge is 0.462 e. The van der Waals surface area contributed by atoms with Crippen LogP contribution in [0.15, 0.2) is 48.7 Å². The number of nitrogens with one attached hydrogen (secondary N) is 2. The van der Waals surface area contributed by atoms with Crippen LogP contribution in [0.4, 0.5) is 11.8 Å². The van der Waals surface area contributed by atoms with Crippen molar-refractivity contribution in [2.24, 2.45) is 0 Å². The first-order valence-corrected chi connectivity index (χ1v) is 11.4. The molecule has 1 amide bonds. The Hall–Kier alpha value is -4.34. The number of amides is 1. The fraction of sp³-hybridized carbons (Fsp3) is 0.280. The number of hydrogen-bond acceptors (Lipinski definition) is 8. The highest BCUT2D eigenvalue weighted by Gasteiger charge is 2.22. The van der Waals surface area contributed by atoms with Gasteiger partial charge in [-0.1, -0.05) is 18.2 Å². The lowest BCUT2D eigenvalue weighted by molar-refractivity contribution is -0.116. The minimum atomic E-state index is -0.566. The van der Waals surface area contributed by atoms with Gasteiger partial charge in [0.05, 0.1) is 18.3 Å². The second kappa shape index (κ2) is 10.7. The van der Waals surface area contributed by atoms with Crippen molar-refractivity contribution < 1.29 is 14.3 Å². The van der Waals surface area contributed by atoms with Gasteiger partial charge in [0, 0.05) is 29.7 Å². The molecular weight excluding hydrogens is 446 g/mol. The molecule has 10 nitrogen and oxygen atoms in total. The van der Waals surface area contributed by atoms with Crippen LogP contribution in [0.2, 0.25) is 0 Å². The van der Waals surface area contributed by atoms with Crippen molar-refractivity contribution in [2.45, 2.75) is 33.6 Å². The average Bonchev–Trinajstić information content (AvgIpc) is 3.24. The first-order chi connectivity index (χ1) is 16.9. The van der Waals surface area contributed by atoms with E-state index in [1.165, 1.54) is 10.9 Å². The van der Waals surface area contributed by atoms with Crippen LogP contribution in [0.25, 0.3) is 16.7 Å². The van der Waals surface area contributed by atoms with E-state index in [2.05, 4.69) is 30.7 Å². The predicted molar refractivity (Wildman–Crippen MR) is 133 cm³/mol. The molecule has 0 radical (unpaired) electrons. The summed E-state index contributed by atoms with van der Waals surface area (Å²) in [5, 5.41) is 11.2. The van der Waals surface area contributed by atoms with Crippen LogP contribution in [0.1, 0.15) is 41.5 Å². The highest BCUT2D eigenvalue weighted by molar-refractivity contribution is 6.00. The van der Waals surface area contributed by atoms with E-state index >= 15 is 0 Å². The molecule has 0 aliphatic carbocycles. The highest BCUT2D eigenvalue weighted by Crippen LogP contribution is 2.22. The number of carbonyl (C=O) groups is 2.